The summed E-state index contributed by atoms with van der Waals surface area (Å²) in [6, 6.07) is 36.9. The highest BCUT2D eigenvalue weighted by molar-refractivity contribution is 5.65. The first kappa shape index (κ1) is 31.1. The summed E-state index contributed by atoms with van der Waals surface area (Å²) in [5.74, 6) is 2.48. The number of fused-ring (bicyclic) bond motifs is 2. The van der Waals surface area contributed by atoms with Crippen LogP contribution in [0.2, 0.25) is 0 Å². The highest BCUT2D eigenvalue weighted by Crippen LogP contribution is 2.77. The van der Waals surface area contributed by atoms with Gasteiger partial charge in [0, 0.05) is 58.7 Å². The molecule has 4 saturated carbocycles. The van der Waals surface area contributed by atoms with Crippen LogP contribution in [0.25, 0.3) is 0 Å². The topological polar surface area (TPSA) is 51.2 Å². The number of benzene rings is 4. The van der Waals surface area contributed by atoms with Crippen LogP contribution < -0.4 is 9.47 Å². The normalized spacial score (nSPS) is 32.4. The lowest BCUT2D eigenvalue weighted by Gasteiger charge is -2.75. The van der Waals surface area contributed by atoms with Gasteiger partial charge in [-0.1, -0.05) is 97.1 Å². The van der Waals surface area contributed by atoms with E-state index in [9.17, 15) is 5.11 Å². The summed E-state index contributed by atoms with van der Waals surface area (Å²) < 4.78 is 22.0. The Kier molecular flexibility index (Phi) is 6.66. The predicted octanol–water partition coefficient (Wildman–Crippen LogP) is 8.05. The van der Waals surface area contributed by atoms with E-state index in [4.69, 9.17) is 14.2 Å². The standard InChI is InChI=1S/C45H49NO4/c1-41(2,47)36-28-42-23-24-44(36,48-3)40-43(42)25-26-46(29-30-19-20-30)37(42)27-31-21-22-35(39(49-40)38(31)43)50-45(32-13-7-4-8-14-32,33-15-9-5-10-16-33)34-17-11-6-12-18-34/h4-18,21-22,30,36-37,40,47H,19-20,23-29H2,1-3H3/t36-,37-,40-,42+,43+,44+/m1/s1. The van der Waals surface area contributed by atoms with Crippen molar-refractivity contribution in [3.05, 3.63) is 131 Å². The fourth-order valence-electron chi connectivity index (χ4n) is 12.2. The second kappa shape index (κ2) is 10.7. The average molecular weight is 668 g/mol. The molecule has 2 aliphatic heterocycles. The van der Waals surface area contributed by atoms with Crippen molar-refractivity contribution < 1.29 is 19.3 Å². The summed E-state index contributed by atoms with van der Waals surface area (Å²) in [5, 5.41) is 11.9. The number of rotatable bonds is 9. The first-order chi connectivity index (χ1) is 24.3. The predicted molar refractivity (Wildman–Crippen MR) is 195 cm³/mol. The second-order valence-corrected chi connectivity index (χ2v) is 16.9. The zero-order valence-corrected chi connectivity index (χ0v) is 29.6. The summed E-state index contributed by atoms with van der Waals surface area (Å²) in [6.07, 6.45) is 7.57. The van der Waals surface area contributed by atoms with Crippen molar-refractivity contribution in [2.45, 2.75) is 93.2 Å². The Balaban J connectivity index is 1.20. The molecule has 4 aromatic rings. The van der Waals surface area contributed by atoms with Crippen LogP contribution in [0.15, 0.2) is 103 Å². The number of methoxy groups -OCH3 is 1. The van der Waals surface area contributed by atoms with Crippen LogP contribution in [0.1, 0.15) is 80.2 Å². The highest BCUT2D eigenvalue weighted by Gasteiger charge is 2.81. The van der Waals surface area contributed by atoms with Crippen LogP contribution in [-0.4, -0.2) is 53.6 Å². The van der Waals surface area contributed by atoms with Crippen molar-refractivity contribution in [3.8, 4) is 11.5 Å². The molecular weight excluding hydrogens is 618 g/mol. The lowest BCUT2D eigenvalue weighted by molar-refractivity contribution is -0.300. The monoisotopic (exact) mass is 667 g/mol. The molecule has 5 heteroatoms. The Morgan fingerprint density at radius 3 is 2.00 bits per heavy atom. The number of nitrogens with zero attached hydrogens (tertiary/aromatic N) is 1. The fourth-order valence-corrected chi connectivity index (χ4v) is 12.2. The van der Waals surface area contributed by atoms with E-state index >= 15 is 0 Å². The number of likely N-dealkylation sites (tertiary alicyclic amines) is 1. The van der Waals surface area contributed by atoms with Crippen molar-refractivity contribution >= 4 is 0 Å². The van der Waals surface area contributed by atoms with Crippen LogP contribution in [0.5, 0.6) is 11.5 Å². The van der Waals surface area contributed by atoms with Gasteiger partial charge in [0.2, 0.25) is 0 Å². The van der Waals surface area contributed by atoms with E-state index in [-0.39, 0.29) is 22.9 Å². The smallest absolute Gasteiger partial charge is 0.184 e. The van der Waals surface area contributed by atoms with Gasteiger partial charge in [0.05, 0.1) is 5.60 Å². The van der Waals surface area contributed by atoms with Crippen molar-refractivity contribution in [1.82, 2.24) is 4.90 Å². The Morgan fingerprint density at radius 1 is 0.820 bits per heavy atom. The molecule has 50 heavy (non-hydrogen) atoms. The molecule has 0 unspecified atom stereocenters. The van der Waals surface area contributed by atoms with E-state index in [0.29, 0.717) is 6.04 Å². The van der Waals surface area contributed by atoms with Crippen LogP contribution in [0.4, 0.5) is 0 Å². The van der Waals surface area contributed by atoms with Gasteiger partial charge in [0.1, 0.15) is 11.7 Å². The minimum absolute atomic E-state index is 0.00199. The lowest BCUT2D eigenvalue weighted by Crippen LogP contribution is -2.82. The SMILES string of the molecule is CO[C@@]12CC[C@]3(C[C@@H]1C(C)(C)O)[C@H]1Cc4ccc(OC(c5ccccc5)(c5ccccc5)c5ccccc5)c5c4[C@@]3(CCN1CC1CC1)[C@H]2O5. The minimum atomic E-state index is -0.917. The van der Waals surface area contributed by atoms with Gasteiger partial charge in [-0.05, 0) is 82.9 Å². The molecule has 5 fully saturated rings. The summed E-state index contributed by atoms with van der Waals surface area (Å²) in [7, 11) is 1.87. The van der Waals surface area contributed by atoms with Crippen LogP contribution in [0.3, 0.4) is 0 Å². The lowest BCUT2D eigenvalue weighted by atomic mass is 9.34. The second-order valence-electron chi connectivity index (χ2n) is 16.9. The van der Waals surface area contributed by atoms with Gasteiger partial charge >= 0.3 is 0 Å². The molecule has 7 aliphatic rings. The summed E-state index contributed by atoms with van der Waals surface area (Å²) in [4.78, 5) is 2.86. The molecule has 258 valence electrons. The Labute approximate surface area is 296 Å². The maximum absolute atomic E-state index is 11.9. The van der Waals surface area contributed by atoms with Gasteiger partial charge in [-0.15, -0.1) is 0 Å². The van der Waals surface area contributed by atoms with E-state index in [1.165, 1.54) is 30.5 Å². The molecule has 4 aromatic carbocycles. The van der Waals surface area contributed by atoms with Gasteiger partial charge in [0.25, 0.3) is 0 Å². The molecule has 11 rings (SSSR count). The molecule has 0 aromatic heterocycles. The molecule has 2 spiro atoms. The van der Waals surface area contributed by atoms with Crippen molar-refractivity contribution in [2.24, 2.45) is 17.3 Å². The molecule has 0 amide bonds. The quantitative estimate of drug-likeness (QED) is 0.183. The molecular formula is C45H49NO4. The van der Waals surface area contributed by atoms with Crippen molar-refractivity contribution in [3.63, 3.8) is 0 Å². The Hall–Kier alpha value is -3.64. The van der Waals surface area contributed by atoms with Crippen molar-refractivity contribution in [1.29, 1.82) is 0 Å². The average Bonchev–Trinajstić information content (AvgIpc) is 3.89. The summed E-state index contributed by atoms with van der Waals surface area (Å²) in [6.45, 7) is 6.29. The number of piperidine rings is 1. The highest BCUT2D eigenvalue weighted by atomic mass is 16.6. The van der Waals surface area contributed by atoms with E-state index in [0.717, 1.165) is 72.8 Å². The minimum Gasteiger partial charge on any atom is -0.482 e. The third-order valence-electron chi connectivity index (χ3n) is 14.3. The van der Waals surface area contributed by atoms with E-state index in [1.54, 1.807) is 0 Å². The molecule has 2 heterocycles. The number of aliphatic hydroxyl groups is 1. The fraction of sp³-hybridized carbons (Fsp3) is 0.467. The molecule has 1 N–H and O–H groups in total. The van der Waals surface area contributed by atoms with Crippen molar-refractivity contribution in [2.75, 3.05) is 20.2 Å². The molecule has 5 aliphatic carbocycles. The first-order valence-electron chi connectivity index (χ1n) is 19.0. The Bertz CT molecular complexity index is 1820. The third kappa shape index (κ3) is 3.95. The largest absolute Gasteiger partial charge is 0.482 e. The molecule has 6 atom stereocenters. The van der Waals surface area contributed by atoms with Crippen LogP contribution in [0, 0.1) is 17.3 Å². The Morgan fingerprint density at radius 2 is 1.44 bits per heavy atom. The maximum Gasteiger partial charge on any atom is 0.184 e. The molecule has 5 nitrogen and oxygen atoms in total. The summed E-state index contributed by atoms with van der Waals surface area (Å²) in [5.41, 5.74) is 3.39. The van der Waals surface area contributed by atoms with Crippen LogP contribution in [-0.2, 0) is 22.2 Å². The molecule has 1 saturated heterocycles. The van der Waals surface area contributed by atoms with Gasteiger partial charge in [-0.2, -0.15) is 0 Å². The number of ether oxygens (including phenoxy) is 3. The zero-order valence-electron chi connectivity index (χ0n) is 29.6. The zero-order chi connectivity index (χ0) is 33.9. The molecule has 4 bridgehead atoms. The van der Waals surface area contributed by atoms with Gasteiger partial charge in [-0.3, -0.25) is 4.90 Å². The van der Waals surface area contributed by atoms with Crippen LogP contribution >= 0.6 is 0 Å². The molecule has 0 radical (unpaired) electrons. The van der Waals surface area contributed by atoms with Gasteiger partial charge in [-0.25, -0.2) is 0 Å². The summed E-state index contributed by atoms with van der Waals surface area (Å²) >= 11 is 0. The van der Waals surface area contributed by atoms with Gasteiger partial charge in [0.15, 0.2) is 17.1 Å². The van der Waals surface area contributed by atoms with E-state index < -0.39 is 16.8 Å². The van der Waals surface area contributed by atoms with E-state index in [1.807, 2.05) is 21.0 Å². The third-order valence-corrected chi connectivity index (χ3v) is 14.3. The number of hydrogen-bond acceptors (Lipinski definition) is 5. The first-order valence-corrected chi connectivity index (χ1v) is 19.0. The van der Waals surface area contributed by atoms with E-state index in [2.05, 4.69) is 108 Å². The maximum atomic E-state index is 11.9. The van der Waals surface area contributed by atoms with Gasteiger partial charge < -0.3 is 19.3 Å². The number of hydrogen-bond donors (Lipinski definition) is 1.